The average molecular weight is 189 g/mol. The molecule has 2 aromatic rings. The van der Waals surface area contributed by atoms with Crippen molar-refractivity contribution < 1.29 is 9.53 Å². The van der Waals surface area contributed by atoms with Gasteiger partial charge in [0.15, 0.2) is 5.75 Å². The molecule has 0 spiro atoms. The first-order chi connectivity index (χ1) is 6.68. The number of fused-ring (bicyclic) bond motifs is 1. The van der Waals surface area contributed by atoms with Crippen molar-refractivity contribution in [2.75, 3.05) is 0 Å². The predicted octanol–water partition coefficient (Wildman–Crippen LogP) is 2.40. The fourth-order valence-corrected chi connectivity index (χ4v) is 1.52. The van der Waals surface area contributed by atoms with Gasteiger partial charge in [-0.15, -0.1) is 0 Å². The minimum absolute atomic E-state index is 0.299. The third kappa shape index (κ3) is 1.37. The molecule has 0 unspecified atom stereocenters. The van der Waals surface area contributed by atoms with Gasteiger partial charge in [-0.05, 0) is 18.6 Å². The van der Waals surface area contributed by atoms with Gasteiger partial charge < -0.3 is 9.72 Å². The van der Waals surface area contributed by atoms with Crippen molar-refractivity contribution in [3.05, 3.63) is 30.0 Å². The Balaban J connectivity index is 2.58. The topological polar surface area (TPSA) is 42.1 Å². The lowest BCUT2D eigenvalue weighted by Crippen LogP contribution is -2.00. The van der Waals surface area contributed by atoms with Gasteiger partial charge in [-0.3, -0.25) is 4.79 Å². The molecule has 0 saturated heterocycles. The summed E-state index contributed by atoms with van der Waals surface area (Å²) in [5.74, 6) is 0.295. The molecule has 0 saturated carbocycles. The summed E-state index contributed by atoms with van der Waals surface area (Å²) in [7, 11) is 0. The second-order valence-corrected chi connectivity index (χ2v) is 3.24. The molecule has 3 nitrogen and oxygen atoms in total. The zero-order valence-electron chi connectivity index (χ0n) is 8.13. The van der Waals surface area contributed by atoms with Crippen LogP contribution in [-0.4, -0.2) is 11.0 Å². The van der Waals surface area contributed by atoms with E-state index in [-0.39, 0.29) is 5.97 Å². The molecule has 72 valence electrons. The van der Waals surface area contributed by atoms with Gasteiger partial charge in [0.25, 0.3) is 0 Å². The van der Waals surface area contributed by atoms with Crippen LogP contribution >= 0.6 is 0 Å². The van der Waals surface area contributed by atoms with E-state index in [0.29, 0.717) is 5.75 Å². The minimum atomic E-state index is -0.299. The first kappa shape index (κ1) is 8.81. The van der Waals surface area contributed by atoms with Gasteiger partial charge in [0.1, 0.15) is 0 Å². The second kappa shape index (κ2) is 3.18. The summed E-state index contributed by atoms with van der Waals surface area (Å²) in [6.07, 6.45) is 1.71. The Morgan fingerprint density at radius 1 is 1.43 bits per heavy atom. The zero-order valence-corrected chi connectivity index (χ0v) is 8.13. The van der Waals surface area contributed by atoms with Crippen LogP contribution in [0.15, 0.2) is 24.4 Å². The molecule has 1 aromatic heterocycles. The number of para-hydroxylation sites is 1. The van der Waals surface area contributed by atoms with Crippen LogP contribution in [-0.2, 0) is 4.79 Å². The van der Waals surface area contributed by atoms with Gasteiger partial charge in [0.2, 0.25) is 0 Å². The van der Waals surface area contributed by atoms with Crippen molar-refractivity contribution in [3.8, 4) is 5.75 Å². The van der Waals surface area contributed by atoms with E-state index in [4.69, 9.17) is 4.74 Å². The predicted molar refractivity (Wildman–Crippen MR) is 54.3 cm³/mol. The van der Waals surface area contributed by atoms with Crippen LogP contribution in [0.25, 0.3) is 10.9 Å². The number of hydrogen-bond donors (Lipinski definition) is 1. The molecule has 0 atom stereocenters. The zero-order chi connectivity index (χ0) is 10.1. The molecule has 14 heavy (non-hydrogen) atoms. The van der Waals surface area contributed by atoms with Crippen molar-refractivity contribution in [2.24, 2.45) is 0 Å². The average Bonchev–Trinajstić information content (AvgIpc) is 2.49. The van der Waals surface area contributed by atoms with E-state index in [0.717, 1.165) is 16.5 Å². The normalized spacial score (nSPS) is 10.4. The van der Waals surface area contributed by atoms with Gasteiger partial charge in [0.05, 0.1) is 5.52 Å². The summed E-state index contributed by atoms with van der Waals surface area (Å²) in [5.41, 5.74) is 2.16. The highest BCUT2D eigenvalue weighted by atomic mass is 16.5. The SMILES string of the molecule is CC(=O)Oc1c[nH]c2c(C)cccc12. The molecule has 1 N–H and O–H groups in total. The van der Waals surface area contributed by atoms with E-state index in [1.807, 2.05) is 25.1 Å². The van der Waals surface area contributed by atoms with E-state index >= 15 is 0 Å². The van der Waals surface area contributed by atoms with Crippen LogP contribution in [0.1, 0.15) is 12.5 Å². The fraction of sp³-hybridized carbons (Fsp3) is 0.182. The van der Waals surface area contributed by atoms with Gasteiger partial charge in [-0.1, -0.05) is 12.1 Å². The summed E-state index contributed by atoms with van der Waals surface area (Å²) < 4.78 is 5.05. The largest absolute Gasteiger partial charge is 0.424 e. The first-order valence-corrected chi connectivity index (χ1v) is 4.43. The Morgan fingerprint density at radius 2 is 2.21 bits per heavy atom. The van der Waals surface area contributed by atoms with Crippen LogP contribution in [0.2, 0.25) is 0 Å². The van der Waals surface area contributed by atoms with Gasteiger partial charge in [0, 0.05) is 18.5 Å². The molecular formula is C11H11NO2. The third-order valence-electron chi connectivity index (χ3n) is 2.14. The lowest BCUT2D eigenvalue weighted by molar-refractivity contribution is -0.131. The van der Waals surface area contributed by atoms with E-state index in [9.17, 15) is 4.79 Å². The summed E-state index contributed by atoms with van der Waals surface area (Å²) in [6, 6.07) is 5.88. The summed E-state index contributed by atoms with van der Waals surface area (Å²) >= 11 is 0. The summed E-state index contributed by atoms with van der Waals surface area (Å²) in [6.45, 7) is 3.41. The molecule has 0 radical (unpaired) electrons. The molecular weight excluding hydrogens is 178 g/mol. The quantitative estimate of drug-likeness (QED) is 0.700. The number of ether oxygens (including phenoxy) is 1. The van der Waals surface area contributed by atoms with Crippen molar-refractivity contribution in [2.45, 2.75) is 13.8 Å². The lowest BCUT2D eigenvalue weighted by Gasteiger charge is -1.98. The van der Waals surface area contributed by atoms with Crippen LogP contribution in [0.5, 0.6) is 5.75 Å². The van der Waals surface area contributed by atoms with Gasteiger partial charge in [-0.2, -0.15) is 0 Å². The smallest absolute Gasteiger partial charge is 0.308 e. The standard InChI is InChI=1S/C11H11NO2/c1-7-4-3-5-9-10(14-8(2)13)6-12-11(7)9/h3-6,12H,1-2H3. The Hall–Kier alpha value is -1.77. The Morgan fingerprint density at radius 3 is 2.93 bits per heavy atom. The molecule has 3 heteroatoms. The molecule has 0 aliphatic carbocycles. The molecule has 0 amide bonds. The minimum Gasteiger partial charge on any atom is -0.424 e. The van der Waals surface area contributed by atoms with E-state index in [1.54, 1.807) is 6.20 Å². The number of H-pyrrole nitrogens is 1. The number of aryl methyl sites for hydroxylation is 1. The molecule has 0 bridgehead atoms. The van der Waals surface area contributed by atoms with E-state index in [2.05, 4.69) is 4.98 Å². The van der Waals surface area contributed by atoms with Gasteiger partial charge in [-0.25, -0.2) is 0 Å². The van der Waals surface area contributed by atoms with Crippen LogP contribution in [0.3, 0.4) is 0 Å². The number of carbonyl (C=O) groups is 1. The summed E-state index contributed by atoms with van der Waals surface area (Å²) in [4.78, 5) is 13.9. The molecule has 1 heterocycles. The molecule has 1 aromatic carbocycles. The van der Waals surface area contributed by atoms with Crippen LogP contribution in [0.4, 0.5) is 0 Å². The number of nitrogens with one attached hydrogen (secondary N) is 1. The Kier molecular flexibility index (Phi) is 2.00. The lowest BCUT2D eigenvalue weighted by atomic mass is 10.2. The summed E-state index contributed by atoms with van der Waals surface area (Å²) in [5, 5.41) is 0.945. The number of rotatable bonds is 1. The highest BCUT2D eigenvalue weighted by molar-refractivity contribution is 5.90. The number of benzene rings is 1. The third-order valence-corrected chi connectivity index (χ3v) is 2.14. The molecule has 0 aliphatic heterocycles. The molecule has 2 rings (SSSR count). The molecule has 0 aliphatic rings. The van der Waals surface area contributed by atoms with Gasteiger partial charge >= 0.3 is 5.97 Å². The highest BCUT2D eigenvalue weighted by Gasteiger charge is 2.07. The number of esters is 1. The monoisotopic (exact) mass is 189 g/mol. The van der Waals surface area contributed by atoms with Crippen molar-refractivity contribution in [1.29, 1.82) is 0 Å². The van der Waals surface area contributed by atoms with Crippen molar-refractivity contribution >= 4 is 16.9 Å². The van der Waals surface area contributed by atoms with E-state index in [1.165, 1.54) is 6.92 Å². The van der Waals surface area contributed by atoms with Crippen molar-refractivity contribution in [3.63, 3.8) is 0 Å². The number of aromatic nitrogens is 1. The van der Waals surface area contributed by atoms with Crippen molar-refractivity contribution in [1.82, 2.24) is 4.98 Å². The number of hydrogen-bond acceptors (Lipinski definition) is 2. The maximum Gasteiger partial charge on any atom is 0.308 e. The Labute approximate surface area is 81.7 Å². The van der Waals surface area contributed by atoms with Crippen LogP contribution in [0, 0.1) is 6.92 Å². The molecule has 0 fully saturated rings. The maximum atomic E-state index is 10.8. The first-order valence-electron chi connectivity index (χ1n) is 4.43. The van der Waals surface area contributed by atoms with Crippen LogP contribution < -0.4 is 4.74 Å². The highest BCUT2D eigenvalue weighted by Crippen LogP contribution is 2.27. The number of carbonyl (C=O) groups excluding carboxylic acids is 1. The maximum absolute atomic E-state index is 10.8. The second-order valence-electron chi connectivity index (χ2n) is 3.24. The Bertz CT molecular complexity index is 485. The number of aromatic amines is 1. The fourth-order valence-electron chi connectivity index (χ4n) is 1.52. The van der Waals surface area contributed by atoms with E-state index < -0.39 is 0 Å².